The Hall–Kier alpha value is -1.42. The third-order valence-corrected chi connectivity index (χ3v) is 2.74. The van der Waals surface area contributed by atoms with Crippen LogP contribution in [-0.2, 0) is 4.79 Å². The lowest BCUT2D eigenvalue weighted by Crippen LogP contribution is -2.43. The van der Waals surface area contributed by atoms with Gasteiger partial charge in [0.15, 0.2) is 0 Å². The van der Waals surface area contributed by atoms with E-state index >= 15 is 0 Å². The molecule has 4 heteroatoms. The zero-order valence-corrected chi connectivity index (χ0v) is 10.6. The van der Waals surface area contributed by atoms with E-state index in [1.54, 1.807) is 17.3 Å². The molecule has 1 amide bonds. The van der Waals surface area contributed by atoms with Crippen LogP contribution >= 0.6 is 0 Å². The molecule has 1 atom stereocenters. The topological polar surface area (TPSA) is 59.2 Å². The first-order chi connectivity index (χ1) is 8.20. The number of rotatable bonds is 6. The van der Waals surface area contributed by atoms with E-state index in [9.17, 15) is 4.79 Å². The number of hydrogen-bond acceptors (Lipinski definition) is 3. The van der Waals surface area contributed by atoms with Crippen molar-refractivity contribution in [2.45, 2.75) is 39.2 Å². The van der Waals surface area contributed by atoms with Gasteiger partial charge in [-0.25, -0.2) is 0 Å². The van der Waals surface area contributed by atoms with Crippen LogP contribution < -0.4 is 10.6 Å². The van der Waals surface area contributed by atoms with Gasteiger partial charge in [0.05, 0.1) is 6.04 Å². The number of likely N-dealkylation sites (N-methyl/N-ethyl adjacent to an activating group) is 1. The standard InChI is InChI=1S/C13H21N3O/c1-3-5-6-12(14)13(17)16(4-2)11-7-9-15-10-8-11/h7-10,12H,3-6,14H2,1-2H3/t12-/m0/s1. The Balaban J connectivity index is 2.71. The number of carbonyl (C=O) groups is 1. The molecule has 1 rings (SSSR count). The third-order valence-electron chi connectivity index (χ3n) is 2.74. The van der Waals surface area contributed by atoms with Gasteiger partial charge in [-0.15, -0.1) is 0 Å². The first kappa shape index (κ1) is 13.6. The van der Waals surface area contributed by atoms with Crippen LogP contribution in [0.25, 0.3) is 0 Å². The van der Waals surface area contributed by atoms with Crippen molar-refractivity contribution in [1.82, 2.24) is 4.98 Å². The molecule has 0 aromatic carbocycles. The molecule has 17 heavy (non-hydrogen) atoms. The second-order valence-electron chi connectivity index (χ2n) is 4.04. The van der Waals surface area contributed by atoms with Gasteiger partial charge in [-0.05, 0) is 25.5 Å². The molecule has 0 unspecified atom stereocenters. The number of aromatic nitrogens is 1. The number of hydrogen-bond donors (Lipinski definition) is 1. The van der Waals surface area contributed by atoms with E-state index in [-0.39, 0.29) is 5.91 Å². The highest BCUT2D eigenvalue weighted by atomic mass is 16.2. The van der Waals surface area contributed by atoms with Gasteiger partial charge in [-0.1, -0.05) is 19.8 Å². The summed E-state index contributed by atoms with van der Waals surface area (Å²) in [4.78, 5) is 17.8. The number of amides is 1. The smallest absolute Gasteiger partial charge is 0.243 e. The van der Waals surface area contributed by atoms with Crippen LogP contribution in [0, 0.1) is 0 Å². The molecule has 0 saturated heterocycles. The minimum Gasteiger partial charge on any atom is -0.320 e. The predicted octanol–water partition coefficient (Wildman–Crippen LogP) is 1.95. The summed E-state index contributed by atoms with van der Waals surface area (Å²) < 4.78 is 0. The number of pyridine rings is 1. The Kier molecular flexibility index (Phi) is 5.63. The molecular weight excluding hydrogens is 214 g/mol. The molecule has 0 bridgehead atoms. The number of carbonyl (C=O) groups excluding carboxylic acids is 1. The fourth-order valence-electron chi connectivity index (χ4n) is 1.74. The van der Waals surface area contributed by atoms with Crippen LogP contribution in [0.2, 0.25) is 0 Å². The van der Waals surface area contributed by atoms with E-state index in [4.69, 9.17) is 5.73 Å². The molecule has 0 fully saturated rings. The molecule has 1 aromatic heterocycles. The summed E-state index contributed by atoms with van der Waals surface area (Å²) >= 11 is 0. The molecule has 0 radical (unpaired) electrons. The summed E-state index contributed by atoms with van der Waals surface area (Å²) in [5, 5.41) is 0. The average Bonchev–Trinajstić information content (AvgIpc) is 2.38. The van der Waals surface area contributed by atoms with Crippen molar-refractivity contribution in [1.29, 1.82) is 0 Å². The van der Waals surface area contributed by atoms with Gasteiger partial charge in [0, 0.05) is 24.6 Å². The van der Waals surface area contributed by atoms with E-state index < -0.39 is 6.04 Å². The maximum absolute atomic E-state index is 12.2. The Labute approximate surface area is 103 Å². The monoisotopic (exact) mass is 235 g/mol. The fourth-order valence-corrected chi connectivity index (χ4v) is 1.74. The van der Waals surface area contributed by atoms with Crippen molar-refractivity contribution >= 4 is 11.6 Å². The minimum absolute atomic E-state index is 0.00727. The molecule has 0 aliphatic heterocycles. The quantitative estimate of drug-likeness (QED) is 0.820. The van der Waals surface area contributed by atoms with Crippen LogP contribution in [0.1, 0.15) is 33.1 Å². The lowest BCUT2D eigenvalue weighted by Gasteiger charge is -2.24. The van der Waals surface area contributed by atoms with Gasteiger partial charge in [0.1, 0.15) is 0 Å². The molecule has 0 spiro atoms. The molecular formula is C13H21N3O. The van der Waals surface area contributed by atoms with E-state index in [1.807, 2.05) is 19.1 Å². The largest absolute Gasteiger partial charge is 0.320 e. The SMILES string of the molecule is CCCC[C@H](N)C(=O)N(CC)c1ccncc1. The van der Waals surface area contributed by atoms with E-state index in [0.29, 0.717) is 6.54 Å². The first-order valence-corrected chi connectivity index (χ1v) is 6.17. The number of nitrogens with zero attached hydrogens (tertiary/aromatic N) is 2. The van der Waals surface area contributed by atoms with Gasteiger partial charge in [-0.3, -0.25) is 9.78 Å². The molecule has 0 aliphatic carbocycles. The van der Waals surface area contributed by atoms with Crippen LogP contribution in [-0.4, -0.2) is 23.5 Å². The van der Waals surface area contributed by atoms with Gasteiger partial charge >= 0.3 is 0 Å². The van der Waals surface area contributed by atoms with Crippen LogP contribution in [0.15, 0.2) is 24.5 Å². The minimum atomic E-state index is -0.400. The summed E-state index contributed by atoms with van der Waals surface area (Å²) in [6, 6.07) is 3.25. The van der Waals surface area contributed by atoms with Gasteiger partial charge < -0.3 is 10.6 Å². The van der Waals surface area contributed by atoms with E-state index in [0.717, 1.165) is 24.9 Å². The molecule has 4 nitrogen and oxygen atoms in total. The van der Waals surface area contributed by atoms with Crippen molar-refractivity contribution < 1.29 is 4.79 Å². The Morgan fingerprint density at radius 3 is 2.59 bits per heavy atom. The predicted molar refractivity (Wildman–Crippen MR) is 69.8 cm³/mol. The highest BCUT2D eigenvalue weighted by molar-refractivity contribution is 5.96. The van der Waals surface area contributed by atoms with Crippen molar-refractivity contribution in [3.63, 3.8) is 0 Å². The van der Waals surface area contributed by atoms with E-state index in [1.165, 1.54) is 0 Å². The van der Waals surface area contributed by atoms with Crippen molar-refractivity contribution in [2.75, 3.05) is 11.4 Å². The maximum atomic E-state index is 12.2. The van der Waals surface area contributed by atoms with Crippen LogP contribution in [0.5, 0.6) is 0 Å². The maximum Gasteiger partial charge on any atom is 0.243 e. The van der Waals surface area contributed by atoms with Crippen LogP contribution in [0.3, 0.4) is 0 Å². The second kappa shape index (κ2) is 7.01. The first-order valence-electron chi connectivity index (χ1n) is 6.17. The van der Waals surface area contributed by atoms with Crippen molar-refractivity contribution in [2.24, 2.45) is 5.73 Å². The van der Waals surface area contributed by atoms with Gasteiger partial charge in [0.25, 0.3) is 0 Å². The van der Waals surface area contributed by atoms with Gasteiger partial charge in [-0.2, -0.15) is 0 Å². The summed E-state index contributed by atoms with van der Waals surface area (Å²) in [6.45, 7) is 4.67. The number of unbranched alkanes of at least 4 members (excludes halogenated alkanes) is 1. The Bertz CT molecular complexity index is 340. The highest BCUT2D eigenvalue weighted by Crippen LogP contribution is 2.14. The molecule has 1 heterocycles. The van der Waals surface area contributed by atoms with E-state index in [2.05, 4.69) is 11.9 Å². The number of nitrogens with two attached hydrogens (primary N) is 1. The zero-order valence-electron chi connectivity index (χ0n) is 10.6. The fraction of sp³-hybridized carbons (Fsp3) is 0.538. The summed E-state index contributed by atoms with van der Waals surface area (Å²) in [5.74, 6) is -0.00727. The van der Waals surface area contributed by atoms with Crippen molar-refractivity contribution in [3.05, 3.63) is 24.5 Å². The second-order valence-corrected chi connectivity index (χ2v) is 4.04. The number of anilines is 1. The normalized spacial score (nSPS) is 12.2. The molecule has 2 N–H and O–H groups in total. The molecule has 94 valence electrons. The molecule has 1 aromatic rings. The average molecular weight is 235 g/mol. The summed E-state index contributed by atoms with van der Waals surface area (Å²) in [5.41, 5.74) is 6.77. The lowest BCUT2D eigenvalue weighted by molar-refractivity contribution is -0.119. The Morgan fingerprint density at radius 2 is 2.06 bits per heavy atom. The lowest BCUT2D eigenvalue weighted by atomic mass is 10.1. The summed E-state index contributed by atoms with van der Waals surface area (Å²) in [6.07, 6.45) is 6.16. The highest BCUT2D eigenvalue weighted by Gasteiger charge is 2.20. The van der Waals surface area contributed by atoms with Crippen molar-refractivity contribution in [3.8, 4) is 0 Å². The van der Waals surface area contributed by atoms with Gasteiger partial charge in [0.2, 0.25) is 5.91 Å². The molecule has 0 saturated carbocycles. The zero-order chi connectivity index (χ0) is 12.7. The Morgan fingerprint density at radius 1 is 1.41 bits per heavy atom. The van der Waals surface area contributed by atoms with Crippen LogP contribution in [0.4, 0.5) is 5.69 Å². The third kappa shape index (κ3) is 3.82. The summed E-state index contributed by atoms with van der Waals surface area (Å²) in [7, 11) is 0. The molecule has 0 aliphatic rings.